The number of nitrogens with zero attached hydrogens (tertiary/aromatic N) is 6. The molecule has 1 saturated carbocycles. The molecule has 12 nitrogen and oxygen atoms in total. The molecule has 3 aliphatic rings. The molecule has 2 bridgehead atoms. The lowest BCUT2D eigenvalue weighted by molar-refractivity contribution is -0.138. The van der Waals surface area contributed by atoms with Crippen LogP contribution in [0.1, 0.15) is 41.6 Å². The topological polar surface area (TPSA) is 141 Å². The number of anilines is 1. The summed E-state index contributed by atoms with van der Waals surface area (Å²) in [6, 6.07) is 8.43. The number of rotatable bonds is 4. The summed E-state index contributed by atoms with van der Waals surface area (Å²) in [5.41, 5.74) is 3.02. The number of pyridine rings is 1. The quantitative estimate of drug-likeness (QED) is 0.273. The first-order valence-corrected chi connectivity index (χ1v) is 15.0. The standard InChI is InChI=1S/C33H33N7O5/c1-20(41)30-25-12-22(24-15-35-21(2)36-16-24)7-8-26(25)39(38-30)17-29(42)40-27-13-33(14-28(33)40)19-45-11-4-3-10-44-18-23-6-5-9-34-31(23)37-32(27)43/h3-9,12,15-16,27-28H,10-11,13-14,17-19H2,1-2H3,(H,34,37,43)/b4-3+/t27-,28+,33-/m0/s1. The van der Waals surface area contributed by atoms with E-state index in [4.69, 9.17) is 9.47 Å². The maximum absolute atomic E-state index is 14.1. The maximum Gasteiger partial charge on any atom is 0.248 e. The number of Topliss-reactive ketones (excluding diaryl/α,β-unsaturated/α-hetero) is 1. The minimum atomic E-state index is -0.710. The van der Waals surface area contributed by atoms with E-state index in [9.17, 15) is 14.4 Å². The number of hydrogen-bond donors (Lipinski definition) is 1. The summed E-state index contributed by atoms with van der Waals surface area (Å²) in [5.74, 6) is 0.315. The molecule has 1 aromatic carbocycles. The number of carbonyl (C=O) groups is 3. The van der Waals surface area contributed by atoms with Gasteiger partial charge in [-0.3, -0.25) is 19.1 Å². The highest BCUT2D eigenvalue weighted by atomic mass is 16.5. The highest BCUT2D eigenvalue weighted by Crippen LogP contribution is 2.60. The minimum Gasteiger partial charge on any atom is -0.377 e. The summed E-state index contributed by atoms with van der Waals surface area (Å²) in [6.07, 6.45) is 10.2. The van der Waals surface area contributed by atoms with Crippen molar-refractivity contribution in [3.05, 3.63) is 78.2 Å². The molecule has 3 atom stereocenters. The normalized spacial score (nSPS) is 23.8. The molecule has 1 aliphatic carbocycles. The molecule has 12 heteroatoms. The van der Waals surface area contributed by atoms with Crippen LogP contribution in [-0.4, -0.2) is 79.1 Å². The van der Waals surface area contributed by atoms with Crippen LogP contribution in [-0.2, 0) is 32.2 Å². The first-order chi connectivity index (χ1) is 21.8. The van der Waals surface area contributed by atoms with Crippen molar-refractivity contribution in [1.29, 1.82) is 0 Å². The number of carbonyl (C=O) groups excluding carboxylic acids is 3. The number of nitrogens with one attached hydrogen (secondary N) is 1. The average molecular weight is 608 g/mol. The summed E-state index contributed by atoms with van der Waals surface area (Å²) in [6.45, 7) is 4.70. The smallest absolute Gasteiger partial charge is 0.248 e. The largest absolute Gasteiger partial charge is 0.377 e. The molecule has 230 valence electrons. The maximum atomic E-state index is 14.1. The number of ether oxygens (including phenoxy) is 2. The Morgan fingerprint density at radius 2 is 1.84 bits per heavy atom. The number of amides is 2. The summed E-state index contributed by atoms with van der Waals surface area (Å²) in [7, 11) is 0. The number of ketones is 1. The molecule has 3 aromatic heterocycles. The van der Waals surface area contributed by atoms with E-state index in [0.29, 0.717) is 48.8 Å². The molecule has 0 radical (unpaired) electrons. The zero-order chi connectivity index (χ0) is 31.1. The fourth-order valence-electron chi connectivity index (χ4n) is 6.48. The molecule has 7 rings (SSSR count). The van der Waals surface area contributed by atoms with Gasteiger partial charge >= 0.3 is 0 Å². The number of likely N-dealkylation sites (tertiary alicyclic amines) is 1. The lowest BCUT2D eigenvalue weighted by Gasteiger charge is -2.27. The Hall–Kier alpha value is -4.81. The van der Waals surface area contributed by atoms with E-state index in [1.807, 2.05) is 43.3 Å². The van der Waals surface area contributed by atoms with Gasteiger partial charge in [0.2, 0.25) is 11.8 Å². The Labute approximate surface area is 259 Å². The Balaban J connectivity index is 1.19. The van der Waals surface area contributed by atoms with Gasteiger partial charge in [0.1, 0.15) is 29.9 Å². The van der Waals surface area contributed by atoms with Gasteiger partial charge in [-0.2, -0.15) is 5.10 Å². The van der Waals surface area contributed by atoms with Crippen molar-refractivity contribution >= 4 is 34.3 Å². The first-order valence-electron chi connectivity index (χ1n) is 15.0. The van der Waals surface area contributed by atoms with Gasteiger partial charge in [0.25, 0.3) is 0 Å². The number of aromatic nitrogens is 5. The van der Waals surface area contributed by atoms with Gasteiger partial charge in [0, 0.05) is 53.5 Å². The number of aryl methyl sites for hydroxylation is 1. The molecular formula is C33H33N7O5. The van der Waals surface area contributed by atoms with Gasteiger partial charge in [0.15, 0.2) is 5.78 Å². The number of fused-ring (bicyclic) bond motifs is 3. The summed E-state index contributed by atoms with van der Waals surface area (Å²) < 4.78 is 13.3. The third-order valence-corrected chi connectivity index (χ3v) is 8.87. The number of benzene rings is 1. The molecule has 0 unspecified atom stereocenters. The van der Waals surface area contributed by atoms with Gasteiger partial charge in [-0.15, -0.1) is 0 Å². The molecular weight excluding hydrogens is 574 g/mol. The van der Waals surface area contributed by atoms with Gasteiger partial charge in [-0.05, 0) is 43.5 Å². The van der Waals surface area contributed by atoms with Crippen LogP contribution in [0.15, 0.2) is 61.1 Å². The van der Waals surface area contributed by atoms with Gasteiger partial charge in [-0.1, -0.05) is 24.3 Å². The fraction of sp³-hybridized carbons (Fsp3) is 0.364. The van der Waals surface area contributed by atoms with Crippen LogP contribution in [0.25, 0.3) is 22.0 Å². The second kappa shape index (κ2) is 11.6. The molecule has 2 aliphatic heterocycles. The van der Waals surface area contributed by atoms with Gasteiger partial charge in [0.05, 0.1) is 31.9 Å². The molecule has 45 heavy (non-hydrogen) atoms. The summed E-state index contributed by atoms with van der Waals surface area (Å²) >= 11 is 0. The summed E-state index contributed by atoms with van der Waals surface area (Å²) in [5, 5.41) is 8.17. The van der Waals surface area contributed by atoms with E-state index in [-0.39, 0.29) is 47.9 Å². The molecule has 1 spiro atoms. The zero-order valence-corrected chi connectivity index (χ0v) is 25.1. The number of hydrogen-bond acceptors (Lipinski definition) is 9. The molecule has 2 amide bonds. The summed E-state index contributed by atoms with van der Waals surface area (Å²) in [4.78, 5) is 55.2. The lowest BCUT2D eigenvalue weighted by Crippen LogP contribution is -2.47. The van der Waals surface area contributed by atoms with Crippen molar-refractivity contribution in [2.24, 2.45) is 5.41 Å². The van der Waals surface area contributed by atoms with Crippen molar-refractivity contribution in [3.8, 4) is 11.1 Å². The van der Waals surface area contributed by atoms with Crippen LogP contribution in [0.4, 0.5) is 5.82 Å². The van der Waals surface area contributed by atoms with Crippen molar-refractivity contribution in [2.45, 2.75) is 51.9 Å². The van der Waals surface area contributed by atoms with Crippen LogP contribution >= 0.6 is 0 Å². The Bertz CT molecular complexity index is 1830. The Morgan fingerprint density at radius 3 is 2.64 bits per heavy atom. The molecule has 1 N–H and O–H groups in total. The first kappa shape index (κ1) is 28.9. The van der Waals surface area contributed by atoms with Crippen molar-refractivity contribution in [2.75, 3.05) is 25.1 Å². The Kier molecular flexibility index (Phi) is 7.46. The molecule has 1 saturated heterocycles. The second-order valence-electron chi connectivity index (χ2n) is 11.9. The average Bonchev–Trinajstić information content (AvgIpc) is 3.44. The van der Waals surface area contributed by atoms with Crippen LogP contribution in [0.3, 0.4) is 0 Å². The van der Waals surface area contributed by atoms with Gasteiger partial charge < -0.3 is 19.7 Å². The van der Waals surface area contributed by atoms with Crippen molar-refractivity contribution in [1.82, 2.24) is 29.6 Å². The van der Waals surface area contributed by atoms with Crippen LogP contribution < -0.4 is 5.32 Å². The highest BCUT2D eigenvalue weighted by molar-refractivity contribution is 6.06. The molecule has 2 fully saturated rings. The van der Waals surface area contributed by atoms with Crippen molar-refractivity contribution < 1.29 is 23.9 Å². The van der Waals surface area contributed by atoms with E-state index in [0.717, 1.165) is 23.1 Å². The fourth-order valence-corrected chi connectivity index (χ4v) is 6.48. The van der Waals surface area contributed by atoms with E-state index in [1.54, 1.807) is 34.2 Å². The monoisotopic (exact) mass is 607 g/mol. The van der Waals surface area contributed by atoms with E-state index >= 15 is 0 Å². The van der Waals surface area contributed by atoms with Gasteiger partial charge in [-0.25, -0.2) is 15.0 Å². The van der Waals surface area contributed by atoms with Crippen LogP contribution in [0.5, 0.6) is 0 Å². The predicted molar refractivity (Wildman–Crippen MR) is 164 cm³/mol. The van der Waals surface area contributed by atoms with E-state index in [2.05, 4.69) is 25.4 Å². The second-order valence-corrected chi connectivity index (χ2v) is 11.9. The van der Waals surface area contributed by atoms with Crippen molar-refractivity contribution in [3.63, 3.8) is 0 Å². The number of piperidine rings is 1. The van der Waals surface area contributed by atoms with Crippen LogP contribution in [0, 0.1) is 12.3 Å². The predicted octanol–water partition coefficient (Wildman–Crippen LogP) is 3.50. The van der Waals surface area contributed by atoms with Crippen LogP contribution in [0.2, 0.25) is 0 Å². The lowest BCUT2D eigenvalue weighted by atomic mass is 10.00. The van der Waals surface area contributed by atoms with E-state index < -0.39 is 6.04 Å². The van der Waals surface area contributed by atoms with E-state index in [1.165, 1.54) is 6.92 Å². The zero-order valence-electron chi connectivity index (χ0n) is 25.1. The third kappa shape index (κ3) is 5.51. The minimum absolute atomic E-state index is 0.126. The molecule has 5 heterocycles. The third-order valence-electron chi connectivity index (χ3n) is 8.87. The molecule has 4 aromatic rings. The SMILES string of the molecule is CC(=O)c1nn(CC(=O)N2[C@H]3C[C@@]4(COC/C=C/COCc5cccnc5NC3=O)C[C@@H]24)c2ccc(-c3cnc(C)nc3)cc12. The highest BCUT2D eigenvalue weighted by Gasteiger charge is 2.67. The Morgan fingerprint density at radius 1 is 1.04 bits per heavy atom.